The highest BCUT2D eigenvalue weighted by Gasteiger charge is 2.36. The van der Waals surface area contributed by atoms with Gasteiger partial charge in [-0.25, -0.2) is 0 Å². The van der Waals surface area contributed by atoms with Gasteiger partial charge in [-0.15, -0.1) is 10.2 Å². The van der Waals surface area contributed by atoms with Crippen molar-refractivity contribution in [3.63, 3.8) is 0 Å². The minimum atomic E-state index is -1.70. The molecule has 5 heteroatoms. The number of hydrogen-bond acceptors (Lipinski definition) is 4. The summed E-state index contributed by atoms with van der Waals surface area (Å²) in [7, 11) is -1.70. The predicted octanol–water partition coefficient (Wildman–Crippen LogP) is 4.57. The predicted molar refractivity (Wildman–Crippen MR) is 86.5 cm³/mol. The lowest BCUT2D eigenvalue weighted by atomic mass is 10.1. The van der Waals surface area contributed by atoms with Crippen LogP contribution >= 0.6 is 0 Å². The van der Waals surface area contributed by atoms with Crippen LogP contribution in [0, 0.1) is 6.92 Å². The molecule has 0 aliphatic carbocycles. The van der Waals surface area contributed by atoms with Gasteiger partial charge in [-0.2, -0.15) is 0 Å². The third-order valence-corrected chi connectivity index (χ3v) is 8.61. The van der Waals surface area contributed by atoms with Gasteiger partial charge in [-0.05, 0) is 35.8 Å². The molecule has 1 aromatic heterocycles. The van der Waals surface area contributed by atoms with Crippen LogP contribution in [-0.4, -0.2) is 18.5 Å². The second kappa shape index (κ2) is 5.73. The highest BCUT2D eigenvalue weighted by molar-refractivity contribution is 6.74. The van der Waals surface area contributed by atoms with Gasteiger partial charge < -0.3 is 8.84 Å². The maximum atomic E-state index is 6.22. The largest absolute Gasteiger partial charge is 0.421 e. The van der Waals surface area contributed by atoms with Gasteiger partial charge in [0.2, 0.25) is 11.8 Å². The van der Waals surface area contributed by atoms with E-state index in [0.717, 1.165) is 5.56 Å². The summed E-state index contributed by atoms with van der Waals surface area (Å²) < 4.78 is 11.6. The van der Waals surface area contributed by atoms with Gasteiger partial charge >= 0.3 is 0 Å². The van der Waals surface area contributed by atoms with E-state index in [1.165, 1.54) is 5.56 Å². The van der Waals surface area contributed by atoms with Crippen LogP contribution in [0.25, 0.3) is 11.5 Å². The van der Waals surface area contributed by atoms with Crippen LogP contribution in [0.1, 0.15) is 32.2 Å². The van der Waals surface area contributed by atoms with E-state index in [-0.39, 0.29) is 5.04 Å². The summed E-state index contributed by atoms with van der Waals surface area (Å²) >= 11 is 0. The van der Waals surface area contributed by atoms with Crippen LogP contribution in [0.2, 0.25) is 18.1 Å². The summed E-state index contributed by atoms with van der Waals surface area (Å²) in [4.78, 5) is 0. The highest BCUT2D eigenvalue weighted by Crippen LogP contribution is 2.37. The first-order valence-electron chi connectivity index (χ1n) is 7.22. The summed E-state index contributed by atoms with van der Waals surface area (Å²) in [6.07, 6.45) is 0. The zero-order valence-corrected chi connectivity index (χ0v) is 14.7. The molecule has 0 unspecified atom stereocenters. The Hall–Kier alpha value is -1.46. The lowest BCUT2D eigenvalue weighted by Gasteiger charge is -2.36. The topological polar surface area (TPSA) is 48.2 Å². The van der Waals surface area contributed by atoms with Crippen LogP contribution in [-0.2, 0) is 11.0 Å². The van der Waals surface area contributed by atoms with Gasteiger partial charge in [0, 0.05) is 12.5 Å². The zero-order valence-electron chi connectivity index (χ0n) is 13.7. The summed E-state index contributed by atoms with van der Waals surface area (Å²) in [5.74, 6) is 1.14. The maximum Gasteiger partial charge on any atom is 0.247 e. The average molecular weight is 304 g/mol. The molecular formula is C16H24N2O2Si. The van der Waals surface area contributed by atoms with Crippen molar-refractivity contribution >= 4 is 8.32 Å². The SMILES string of the molecule is Cc1nnc(-c2ccc(CO[Si](C)(C)C(C)(C)C)cc2)o1. The number of hydrogen-bond donors (Lipinski definition) is 0. The van der Waals surface area contributed by atoms with E-state index in [0.29, 0.717) is 18.4 Å². The first-order valence-corrected chi connectivity index (χ1v) is 10.1. The molecule has 0 atom stereocenters. The van der Waals surface area contributed by atoms with E-state index in [1.54, 1.807) is 6.92 Å². The molecule has 0 bridgehead atoms. The molecular weight excluding hydrogens is 280 g/mol. The quantitative estimate of drug-likeness (QED) is 0.776. The van der Waals surface area contributed by atoms with Crippen molar-refractivity contribution in [3.05, 3.63) is 35.7 Å². The van der Waals surface area contributed by atoms with E-state index < -0.39 is 8.32 Å². The zero-order chi connectivity index (χ0) is 15.7. The number of aryl methyl sites for hydroxylation is 1. The Labute approximate surface area is 127 Å². The van der Waals surface area contributed by atoms with E-state index in [9.17, 15) is 0 Å². The Morgan fingerprint density at radius 1 is 1.10 bits per heavy atom. The Balaban J connectivity index is 2.03. The van der Waals surface area contributed by atoms with Gasteiger partial charge in [0.1, 0.15) is 0 Å². The Morgan fingerprint density at radius 3 is 2.19 bits per heavy atom. The van der Waals surface area contributed by atoms with Gasteiger partial charge in [-0.1, -0.05) is 32.9 Å². The van der Waals surface area contributed by atoms with Crippen molar-refractivity contribution in [1.29, 1.82) is 0 Å². The molecule has 0 amide bonds. The molecule has 2 rings (SSSR count). The molecule has 1 heterocycles. The summed E-state index contributed by atoms with van der Waals surface area (Å²) in [6, 6.07) is 8.11. The molecule has 4 nitrogen and oxygen atoms in total. The van der Waals surface area contributed by atoms with Crippen LogP contribution in [0.4, 0.5) is 0 Å². The Kier molecular flexibility index (Phi) is 4.34. The van der Waals surface area contributed by atoms with Crippen molar-refractivity contribution < 1.29 is 8.84 Å². The molecule has 0 fully saturated rings. The average Bonchev–Trinajstić information content (AvgIpc) is 2.82. The molecule has 0 spiro atoms. The van der Waals surface area contributed by atoms with Crippen molar-refractivity contribution in [1.82, 2.24) is 10.2 Å². The monoisotopic (exact) mass is 304 g/mol. The first kappa shape index (κ1) is 15.9. The maximum absolute atomic E-state index is 6.22. The molecule has 0 saturated heterocycles. The van der Waals surface area contributed by atoms with Crippen LogP contribution in [0.3, 0.4) is 0 Å². The molecule has 0 radical (unpaired) electrons. The fraction of sp³-hybridized carbons (Fsp3) is 0.500. The molecule has 1 aromatic carbocycles. The van der Waals surface area contributed by atoms with E-state index in [1.807, 2.05) is 12.1 Å². The fourth-order valence-electron chi connectivity index (χ4n) is 1.64. The van der Waals surface area contributed by atoms with Gasteiger partial charge in [-0.3, -0.25) is 0 Å². The second-order valence-electron chi connectivity index (χ2n) is 6.87. The summed E-state index contributed by atoms with van der Waals surface area (Å²) in [5, 5.41) is 8.10. The molecule has 2 aromatic rings. The van der Waals surface area contributed by atoms with E-state index in [2.05, 4.69) is 56.2 Å². The fourth-order valence-corrected chi connectivity index (χ4v) is 2.60. The number of nitrogens with zero attached hydrogens (tertiary/aromatic N) is 2. The summed E-state index contributed by atoms with van der Waals surface area (Å²) in [5.41, 5.74) is 2.10. The standard InChI is InChI=1S/C16H24N2O2Si/c1-12-17-18-15(20-12)14-9-7-13(8-10-14)11-19-21(5,6)16(2,3)4/h7-10H,11H2,1-6H3. The van der Waals surface area contributed by atoms with Crippen LogP contribution in [0.5, 0.6) is 0 Å². The lowest BCUT2D eigenvalue weighted by molar-refractivity contribution is 0.276. The highest BCUT2D eigenvalue weighted by atomic mass is 28.4. The van der Waals surface area contributed by atoms with Crippen molar-refractivity contribution in [2.45, 2.75) is 52.4 Å². The van der Waals surface area contributed by atoms with Gasteiger partial charge in [0.05, 0.1) is 6.61 Å². The molecule has 0 aliphatic heterocycles. The number of benzene rings is 1. The summed E-state index contributed by atoms with van der Waals surface area (Å²) in [6.45, 7) is 13.7. The minimum absolute atomic E-state index is 0.230. The minimum Gasteiger partial charge on any atom is -0.421 e. The molecule has 0 saturated carbocycles. The number of aromatic nitrogens is 2. The third kappa shape index (κ3) is 3.80. The smallest absolute Gasteiger partial charge is 0.247 e. The van der Waals surface area contributed by atoms with Crippen LogP contribution in [0.15, 0.2) is 28.7 Å². The Morgan fingerprint density at radius 2 is 1.71 bits per heavy atom. The van der Waals surface area contributed by atoms with Gasteiger partial charge in [0.15, 0.2) is 8.32 Å². The van der Waals surface area contributed by atoms with Crippen molar-refractivity contribution in [2.75, 3.05) is 0 Å². The molecule has 114 valence electrons. The number of rotatable bonds is 4. The van der Waals surface area contributed by atoms with Crippen LogP contribution < -0.4 is 0 Å². The van der Waals surface area contributed by atoms with Crippen molar-refractivity contribution in [3.8, 4) is 11.5 Å². The molecule has 21 heavy (non-hydrogen) atoms. The third-order valence-electron chi connectivity index (χ3n) is 4.13. The lowest BCUT2D eigenvalue weighted by Crippen LogP contribution is -2.40. The van der Waals surface area contributed by atoms with Crippen molar-refractivity contribution in [2.24, 2.45) is 0 Å². The Bertz CT molecular complexity index is 597. The molecule has 0 N–H and O–H groups in total. The van der Waals surface area contributed by atoms with Gasteiger partial charge in [0.25, 0.3) is 0 Å². The van der Waals surface area contributed by atoms with E-state index >= 15 is 0 Å². The normalized spacial score (nSPS) is 12.7. The van der Waals surface area contributed by atoms with E-state index in [4.69, 9.17) is 8.84 Å². The first-order chi connectivity index (χ1) is 9.69. The second-order valence-corrected chi connectivity index (χ2v) is 11.7. The molecule has 0 aliphatic rings.